The van der Waals surface area contributed by atoms with Crippen LogP contribution in [0.1, 0.15) is 32.1 Å². The van der Waals surface area contributed by atoms with Gasteiger partial charge in [-0.05, 0) is 45.3 Å². The minimum absolute atomic E-state index is 0.160. The highest BCUT2D eigenvalue weighted by atomic mass is 79.9. The summed E-state index contributed by atoms with van der Waals surface area (Å²) >= 11 is 3.25. The Morgan fingerprint density at radius 1 is 1.27 bits per heavy atom. The molecular weight excluding hydrogens is 256 g/mol. The van der Waals surface area contributed by atoms with Gasteiger partial charge in [0, 0.05) is 18.3 Å². The quantitative estimate of drug-likeness (QED) is 0.568. The first kappa shape index (κ1) is 13.0. The first-order valence-electron chi connectivity index (χ1n) is 5.88. The Bertz CT molecular complexity index is 181. The van der Waals surface area contributed by atoms with Crippen molar-refractivity contribution in [2.75, 3.05) is 31.5 Å². The third-order valence-corrected chi connectivity index (χ3v) is 3.14. The van der Waals surface area contributed by atoms with Crippen LogP contribution in [0.4, 0.5) is 0 Å². The summed E-state index contributed by atoms with van der Waals surface area (Å²) in [6.07, 6.45) is 5.62. The van der Waals surface area contributed by atoms with Crippen LogP contribution >= 0.6 is 15.9 Å². The fourth-order valence-electron chi connectivity index (χ4n) is 1.87. The highest BCUT2D eigenvalue weighted by molar-refractivity contribution is 9.09. The van der Waals surface area contributed by atoms with Crippen LogP contribution in [0.25, 0.3) is 0 Å². The van der Waals surface area contributed by atoms with Gasteiger partial charge in [0.2, 0.25) is 5.91 Å². The maximum absolute atomic E-state index is 11.1. The highest BCUT2D eigenvalue weighted by Gasteiger charge is 2.09. The maximum Gasteiger partial charge on any atom is 0.220 e. The van der Waals surface area contributed by atoms with Crippen LogP contribution in [0.5, 0.6) is 0 Å². The Morgan fingerprint density at radius 3 is 2.67 bits per heavy atom. The van der Waals surface area contributed by atoms with E-state index in [2.05, 4.69) is 26.1 Å². The van der Waals surface area contributed by atoms with Crippen LogP contribution in [0, 0.1) is 0 Å². The number of nitrogens with zero attached hydrogens (tertiary/aromatic N) is 1. The highest BCUT2D eigenvalue weighted by Crippen LogP contribution is 2.07. The number of amides is 1. The zero-order valence-electron chi connectivity index (χ0n) is 9.30. The lowest BCUT2D eigenvalue weighted by Gasteiger charge is -2.13. The van der Waals surface area contributed by atoms with Gasteiger partial charge in [0.1, 0.15) is 0 Å². The molecule has 4 heteroatoms. The fourth-order valence-corrected chi connectivity index (χ4v) is 2.23. The largest absolute Gasteiger partial charge is 0.356 e. The fraction of sp³-hybridized carbons (Fsp3) is 0.909. The molecule has 88 valence electrons. The van der Waals surface area contributed by atoms with Crippen molar-refractivity contribution in [2.45, 2.75) is 32.1 Å². The van der Waals surface area contributed by atoms with E-state index >= 15 is 0 Å². The predicted octanol–water partition coefficient (Wildman–Crippen LogP) is 1.76. The van der Waals surface area contributed by atoms with E-state index in [4.69, 9.17) is 0 Å². The molecule has 0 aromatic carbocycles. The summed E-state index contributed by atoms with van der Waals surface area (Å²) in [5, 5.41) is 3.68. The molecule has 0 unspecified atom stereocenters. The molecule has 1 aliphatic heterocycles. The van der Waals surface area contributed by atoms with Crippen molar-refractivity contribution in [3.05, 3.63) is 0 Å². The van der Waals surface area contributed by atoms with Crippen molar-refractivity contribution in [2.24, 2.45) is 0 Å². The average Bonchev–Trinajstić information content (AvgIpc) is 2.70. The SMILES string of the molecule is O=C(CCBr)NCCCCN1CCCC1. The molecule has 0 spiro atoms. The van der Waals surface area contributed by atoms with Gasteiger partial charge in [0.25, 0.3) is 0 Å². The molecule has 0 aliphatic carbocycles. The molecule has 1 fully saturated rings. The van der Waals surface area contributed by atoms with Crippen LogP contribution in [0.15, 0.2) is 0 Å². The van der Waals surface area contributed by atoms with Gasteiger partial charge in [-0.25, -0.2) is 0 Å². The topological polar surface area (TPSA) is 32.3 Å². The first-order valence-corrected chi connectivity index (χ1v) is 7.00. The summed E-state index contributed by atoms with van der Waals surface area (Å²) < 4.78 is 0. The van der Waals surface area contributed by atoms with Crippen molar-refractivity contribution in [1.82, 2.24) is 10.2 Å². The van der Waals surface area contributed by atoms with E-state index in [0.717, 1.165) is 18.3 Å². The van der Waals surface area contributed by atoms with E-state index in [0.29, 0.717) is 6.42 Å². The molecule has 0 atom stereocenters. The number of hydrogen-bond donors (Lipinski definition) is 1. The zero-order valence-corrected chi connectivity index (χ0v) is 10.9. The van der Waals surface area contributed by atoms with E-state index in [9.17, 15) is 4.79 Å². The van der Waals surface area contributed by atoms with Crippen LogP contribution in [0.2, 0.25) is 0 Å². The van der Waals surface area contributed by atoms with Crippen LogP contribution < -0.4 is 5.32 Å². The summed E-state index contributed by atoms with van der Waals surface area (Å²) in [7, 11) is 0. The van der Waals surface area contributed by atoms with Crippen LogP contribution in [-0.4, -0.2) is 42.3 Å². The molecule has 1 heterocycles. The third-order valence-electron chi connectivity index (χ3n) is 2.74. The molecule has 0 aromatic heterocycles. The number of alkyl halides is 1. The van der Waals surface area contributed by atoms with E-state index in [-0.39, 0.29) is 5.91 Å². The van der Waals surface area contributed by atoms with Crippen molar-refractivity contribution < 1.29 is 4.79 Å². The standard InChI is InChI=1S/C11H21BrN2O/c12-6-5-11(15)13-7-1-2-8-14-9-3-4-10-14/h1-10H2,(H,13,15). The number of halogens is 1. The lowest BCUT2D eigenvalue weighted by Crippen LogP contribution is -2.26. The molecule has 3 nitrogen and oxygen atoms in total. The molecule has 0 bridgehead atoms. The molecule has 0 saturated carbocycles. The Kier molecular flexibility index (Phi) is 7.01. The molecule has 1 saturated heterocycles. The maximum atomic E-state index is 11.1. The molecule has 0 aromatic rings. The van der Waals surface area contributed by atoms with Crippen LogP contribution in [-0.2, 0) is 4.79 Å². The number of unbranched alkanes of at least 4 members (excludes halogenated alkanes) is 1. The molecule has 1 aliphatic rings. The number of carbonyl (C=O) groups excluding carboxylic acids is 1. The van der Waals surface area contributed by atoms with Gasteiger partial charge in [-0.2, -0.15) is 0 Å². The smallest absolute Gasteiger partial charge is 0.220 e. The number of hydrogen-bond acceptors (Lipinski definition) is 2. The number of nitrogens with one attached hydrogen (secondary N) is 1. The van der Waals surface area contributed by atoms with Gasteiger partial charge in [0.05, 0.1) is 0 Å². The molecule has 0 radical (unpaired) electrons. The second-order valence-corrected chi connectivity index (χ2v) is 4.84. The second-order valence-electron chi connectivity index (χ2n) is 4.04. The Hall–Kier alpha value is -0.0900. The Morgan fingerprint density at radius 2 is 2.00 bits per heavy atom. The lowest BCUT2D eigenvalue weighted by molar-refractivity contribution is -0.120. The minimum Gasteiger partial charge on any atom is -0.356 e. The molecule has 1 rings (SSSR count). The van der Waals surface area contributed by atoms with E-state index < -0.39 is 0 Å². The summed E-state index contributed by atoms with van der Waals surface area (Å²) in [6.45, 7) is 4.58. The van der Waals surface area contributed by atoms with Crippen molar-refractivity contribution >= 4 is 21.8 Å². The lowest BCUT2D eigenvalue weighted by atomic mass is 10.3. The van der Waals surface area contributed by atoms with E-state index in [1.165, 1.54) is 38.9 Å². The molecular formula is C11H21BrN2O. The summed E-state index contributed by atoms with van der Waals surface area (Å²) in [4.78, 5) is 13.6. The van der Waals surface area contributed by atoms with Crippen molar-refractivity contribution in [3.8, 4) is 0 Å². The van der Waals surface area contributed by atoms with Gasteiger partial charge in [-0.15, -0.1) is 0 Å². The zero-order chi connectivity index (χ0) is 10.9. The Labute approximate surface area is 101 Å². The van der Waals surface area contributed by atoms with Gasteiger partial charge in [-0.3, -0.25) is 4.79 Å². The van der Waals surface area contributed by atoms with Gasteiger partial charge >= 0.3 is 0 Å². The Balaban J connectivity index is 1.86. The molecule has 1 N–H and O–H groups in total. The second kappa shape index (κ2) is 8.11. The summed E-state index contributed by atoms with van der Waals surface area (Å²) in [5.41, 5.74) is 0. The predicted molar refractivity (Wildman–Crippen MR) is 66.3 cm³/mol. The van der Waals surface area contributed by atoms with Gasteiger partial charge in [-0.1, -0.05) is 15.9 Å². The minimum atomic E-state index is 0.160. The average molecular weight is 277 g/mol. The summed E-state index contributed by atoms with van der Waals surface area (Å²) in [5.74, 6) is 0.160. The van der Waals surface area contributed by atoms with E-state index in [1.54, 1.807) is 0 Å². The monoisotopic (exact) mass is 276 g/mol. The van der Waals surface area contributed by atoms with Crippen molar-refractivity contribution in [1.29, 1.82) is 0 Å². The van der Waals surface area contributed by atoms with Crippen LogP contribution in [0.3, 0.4) is 0 Å². The molecule has 1 amide bonds. The van der Waals surface area contributed by atoms with E-state index in [1.807, 2.05) is 0 Å². The number of rotatable bonds is 7. The first-order chi connectivity index (χ1) is 7.33. The molecule has 15 heavy (non-hydrogen) atoms. The number of carbonyl (C=O) groups is 1. The van der Waals surface area contributed by atoms with Gasteiger partial charge < -0.3 is 10.2 Å². The normalized spacial score (nSPS) is 16.9. The van der Waals surface area contributed by atoms with Crippen molar-refractivity contribution in [3.63, 3.8) is 0 Å². The third kappa shape index (κ3) is 6.15. The number of likely N-dealkylation sites (tertiary alicyclic amines) is 1. The summed E-state index contributed by atoms with van der Waals surface area (Å²) in [6, 6.07) is 0. The van der Waals surface area contributed by atoms with Gasteiger partial charge in [0.15, 0.2) is 0 Å².